The van der Waals surface area contributed by atoms with Crippen molar-refractivity contribution in [1.29, 1.82) is 0 Å². The van der Waals surface area contributed by atoms with Crippen molar-refractivity contribution < 1.29 is 28.6 Å². The van der Waals surface area contributed by atoms with Crippen LogP contribution in [0.4, 0.5) is 0 Å². The second-order valence-electron chi connectivity index (χ2n) is 17.8. The number of unbranched alkanes of at least 4 members (excludes halogenated alkanes) is 27. The summed E-state index contributed by atoms with van der Waals surface area (Å²) >= 11 is 0. The standard InChI is InChI=1S/C57H100O6/c1-4-7-10-13-16-19-22-25-27-28-30-33-35-38-41-44-47-50-56(59)62-53-54(63-57(60)51-48-45-42-39-36-31-24-21-18-15-12-9-6-3)52-61-55(58)49-46-43-40-37-34-32-29-26-23-20-17-14-11-8-5-2/h16,19-20,23,25,27,30,33,38,41,54H,4-15,17-18,21-22,24,26,28-29,31-32,34-37,39-40,42-53H2,1-3H3/t54-/m1/s1. The molecule has 0 aromatic rings. The molecule has 0 N–H and O–H groups in total. The Hall–Kier alpha value is -2.89. The molecule has 0 unspecified atom stereocenters. The van der Waals surface area contributed by atoms with E-state index >= 15 is 0 Å². The third kappa shape index (κ3) is 50.0. The van der Waals surface area contributed by atoms with Gasteiger partial charge in [-0.25, -0.2) is 0 Å². The number of hydrogen-bond donors (Lipinski definition) is 0. The number of hydrogen-bond acceptors (Lipinski definition) is 6. The highest BCUT2D eigenvalue weighted by Gasteiger charge is 2.19. The Morgan fingerprint density at radius 2 is 0.587 bits per heavy atom. The number of carbonyl (C=O) groups excluding carboxylic acids is 3. The summed E-state index contributed by atoms with van der Waals surface area (Å²) in [6, 6.07) is 0. The van der Waals surface area contributed by atoms with Gasteiger partial charge < -0.3 is 14.2 Å². The first-order valence-electron chi connectivity index (χ1n) is 26.8. The molecule has 0 amide bonds. The van der Waals surface area contributed by atoms with Crippen LogP contribution in [0.25, 0.3) is 0 Å². The lowest BCUT2D eigenvalue weighted by atomic mass is 10.0. The molecule has 0 aromatic heterocycles. The van der Waals surface area contributed by atoms with Gasteiger partial charge in [0.1, 0.15) is 13.2 Å². The van der Waals surface area contributed by atoms with E-state index in [1.54, 1.807) is 0 Å². The highest BCUT2D eigenvalue weighted by molar-refractivity contribution is 5.71. The van der Waals surface area contributed by atoms with Gasteiger partial charge in [-0.15, -0.1) is 0 Å². The van der Waals surface area contributed by atoms with Crippen molar-refractivity contribution in [3.8, 4) is 0 Å². The summed E-state index contributed by atoms with van der Waals surface area (Å²) in [6.45, 7) is 6.56. The van der Waals surface area contributed by atoms with Crippen LogP contribution in [-0.2, 0) is 28.6 Å². The van der Waals surface area contributed by atoms with Crippen LogP contribution in [0.2, 0.25) is 0 Å². The van der Waals surface area contributed by atoms with E-state index in [1.807, 2.05) is 0 Å². The van der Waals surface area contributed by atoms with Crippen LogP contribution in [0, 0.1) is 0 Å². The highest BCUT2D eigenvalue weighted by atomic mass is 16.6. The summed E-state index contributed by atoms with van der Waals surface area (Å²) in [4.78, 5) is 38.0. The first-order valence-corrected chi connectivity index (χ1v) is 26.8. The summed E-state index contributed by atoms with van der Waals surface area (Å²) in [5, 5.41) is 0. The molecular weight excluding hydrogens is 781 g/mol. The summed E-state index contributed by atoms with van der Waals surface area (Å²) in [7, 11) is 0. The van der Waals surface area contributed by atoms with Gasteiger partial charge in [-0.2, -0.15) is 0 Å². The fourth-order valence-electron chi connectivity index (χ4n) is 7.43. The van der Waals surface area contributed by atoms with Crippen LogP contribution in [0.1, 0.15) is 265 Å². The van der Waals surface area contributed by atoms with Crippen LogP contribution >= 0.6 is 0 Å². The van der Waals surface area contributed by atoms with Gasteiger partial charge in [0.05, 0.1) is 0 Å². The minimum atomic E-state index is -0.795. The van der Waals surface area contributed by atoms with Gasteiger partial charge in [-0.1, -0.05) is 223 Å². The van der Waals surface area contributed by atoms with Crippen molar-refractivity contribution in [2.24, 2.45) is 0 Å². The smallest absolute Gasteiger partial charge is 0.306 e. The van der Waals surface area contributed by atoms with Gasteiger partial charge in [0.25, 0.3) is 0 Å². The quantitative estimate of drug-likeness (QED) is 0.0262. The topological polar surface area (TPSA) is 78.9 Å². The predicted octanol–water partition coefficient (Wildman–Crippen LogP) is 17.6. The average Bonchev–Trinajstić information content (AvgIpc) is 3.28. The fraction of sp³-hybridized carbons (Fsp3) is 0.772. The number of esters is 3. The monoisotopic (exact) mass is 881 g/mol. The van der Waals surface area contributed by atoms with Crippen molar-refractivity contribution in [3.63, 3.8) is 0 Å². The second-order valence-corrected chi connectivity index (χ2v) is 17.8. The maximum atomic E-state index is 12.8. The molecule has 0 rings (SSSR count). The lowest BCUT2D eigenvalue weighted by Gasteiger charge is -2.18. The highest BCUT2D eigenvalue weighted by Crippen LogP contribution is 2.15. The van der Waals surface area contributed by atoms with Crippen molar-refractivity contribution in [2.75, 3.05) is 13.2 Å². The summed E-state index contributed by atoms with van der Waals surface area (Å²) in [5.41, 5.74) is 0. The first kappa shape index (κ1) is 60.1. The predicted molar refractivity (Wildman–Crippen MR) is 270 cm³/mol. The SMILES string of the molecule is CCCCCC=CCC=CCC=CCC=CCCCC(=O)OC[C@@H](COC(=O)CCCCCCCCCC=CCCCCCC)OC(=O)CCCCCCCCCCCCCCC. The Bertz CT molecular complexity index is 1150. The van der Waals surface area contributed by atoms with E-state index in [-0.39, 0.29) is 37.5 Å². The van der Waals surface area contributed by atoms with Gasteiger partial charge in [0, 0.05) is 19.3 Å². The van der Waals surface area contributed by atoms with Crippen LogP contribution in [0.5, 0.6) is 0 Å². The zero-order valence-corrected chi connectivity index (χ0v) is 41.6. The van der Waals surface area contributed by atoms with Crippen LogP contribution < -0.4 is 0 Å². The normalized spacial score (nSPS) is 12.5. The van der Waals surface area contributed by atoms with Gasteiger partial charge in [0.15, 0.2) is 6.10 Å². The summed E-state index contributed by atoms with van der Waals surface area (Å²) in [6.07, 6.45) is 63.5. The molecule has 0 aliphatic carbocycles. The molecule has 0 aromatic carbocycles. The van der Waals surface area contributed by atoms with Crippen LogP contribution in [-0.4, -0.2) is 37.2 Å². The second kappa shape index (κ2) is 51.7. The molecule has 0 saturated heterocycles. The Morgan fingerprint density at radius 1 is 0.317 bits per heavy atom. The first-order chi connectivity index (χ1) is 31.0. The largest absolute Gasteiger partial charge is 0.462 e. The van der Waals surface area contributed by atoms with Crippen molar-refractivity contribution in [2.45, 2.75) is 271 Å². The summed E-state index contributed by atoms with van der Waals surface area (Å²) in [5.74, 6) is -0.947. The van der Waals surface area contributed by atoms with Crippen molar-refractivity contribution >= 4 is 17.9 Å². The Balaban J connectivity index is 4.45. The van der Waals surface area contributed by atoms with Crippen molar-refractivity contribution in [3.05, 3.63) is 60.8 Å². The van der Waals surface area contributed by atoms with Crippen LogP contribution in [0.3, 0.4) is 0 Å². The molecule has 0 saturated carbocycles. The number of rotatable bonds is 48. The number of allylic oxidation sites excluding steroid dienone is 10. The molecule has 6 heteroatoms. The molecule has 0 aliphatic rings. The molecular formula is C57H100O6. The van der Waals surface area contributed by atoms with Gasteiger partial charge in [-0.05, 0) is 83.5 Å². The molecule has 6 nitrogen and oxygen atoms in total. The van der Waals surface area contributed by atoms with Gasteiger partial charge in [-0.3, -0.25) is 14.4 Å². The molecule has 0 fully saturated rings. The molecule has 0 aliphatic heterocycles. The van der Waals surface area contributed by atoms with E-state index in [4.69, 9.17) is 14.2 Å². The third-order valence-corrected chi connectivity index (χ3v) is 11.5. The van der Waals surface area contributed by atoms with E-state index in [2.05, 4.69) is 81.5 Å². The molecule has 1 atom stereocenters. The Kier molecular flexibility index (Phi) is 49.4. The van der Waals surface area contributed by atoms with Gasteiger partial charge >= 0.3 is 17.9 Å². The maximum absolute atomic E-state index is 12.8. The molecule has 63 heavy (non-hydrogen) atoms. The molecule has 0 bridgehead atoms. The van der Waals surface area contributed by atoms with E-state index < -0.39 is 6.10 Å². The van der Waals surface area contributed by atoms with Crippen LogP contribution in [0.15, 0.2) is 60.8 Å². The lowest BCUT2D eigenvalue weighted by Crippen LogP contribution is -2.30. The van der Waals surface area contributed by atoms with E-state index in [9.17, 15) is 14.4 Å². The summed E-state index contributed by atoms with van der Waals surface area (Å²) < 4.78 is 16.8. The maximum Gasteiger partial charge on any atom is 0.306 e. The molecule has 0 radical (unpaired) electrons. The molecule has 364 valence electrons. The minimum absolute atomic E-state index is 0.0914. The Labute approximate surface area is 390 Å². The van der Waals surface area contributed by atoms with E-state index in [0.29, 0.717) is 19.3 Å². The third-order valence-electron chi connectivity index (χ3n) is 11.5. The van der Waals surface area contributed by atoms with Crippen molar-refractivity contribution in [1.82, 2.24) is 0 Å². The number of ether oxygens (including phenoxy) is 3. The number of carbonyl (C=O) groups is 3. The zero-order chi connectivity index (χ0) is 45.8. The van der Waals surface area contributed by atoms with E-state index in [1.165, 1.54) is 154 Å². The Morgan fingerprint density at radius 3 is 1.02 bits per heavy atom. The lowest BCUT2D eigenvalue weighted by molar-refractivity contribution is -0.167. The average molecular weight is 881 g/mol. The zero-order valence-electron chi connectivity index (χ0n) is 41.6. The molecule has 0 spiro atoms. The molecule has 0 heterocycles. The van der Waals surface area contributed by atoms with E-state index in [0.717, 1.165) is 64.2 Å². The minimum Gasteiger partial charge on any atom is -0.462 e. The fourth-order valence-corrected chi connectivity index (χ4v) is 7.43. The van der Waals surface area contributed by atoms with Gasteiger partial charge in [0.2, 0.25) is 0 Å².